The first-order chi connectivity index (χ1) is 23.8. The average molecular weight is 616 g/mol. The molecule has 6 heteroatoms. The Hall–Kier alpha value is -6.66. The predicted octanol–water partition coefficient (Wildman–Crippen LogP) is 10.4. The van der Waals surface area contributed by atoms with Gasteiger partial charge in [0.05, 0.1) is 11.0 Å². The van der Waals surface area contributed by atoms with Crippen LogP contribution in [0.15, 0.2) is 156 Å². The molecule has 0 saturated heterocycles. The normalized spacial score (nSPS) is 11.8. The quantitative estimate of drug-likeness (QED) is 0.197. The third-order valence-corrected chi connectivity index (χ3v) is 9.15. The number of rotatable bonds is 4. The van der Waals surface area contributed by atoms with Gasteiger partial charge in [0.25, 0.3) is 0 Å². The van der Waals surface area contributed by atoms with Crippen LogP contribution in [0, 0.1) is 0 Å². The summed E-state index contributed by atoms with van der Waals surface area (Å²) in [6.07, 6.45) is 3.59. The SMILES string of the molecule is c1ccc(-c2ccc3cc(-c4nc(-c5cccc6oc7ccncc7c56)nc(-n5c6ccccc6c6ccccc65)n4)ccc3c2)cc1. The minimum absolute atomic E-state index is 0.551. The number of pyridine rings is 1. The standard InChI is InChI=1S/C42H25N5O/c1-2-9-26(10-3-1)27-17-18-29-24-30(20-19-28(29)23-27)40-44-41(33-13-8-16-38-39(33)34-25-43-22-21-37(34)48-38)46-42(45-40)47-35-14-6-4-11-31(35)32-12-5-7-15-36(32)47/h1-25H. The molecule has 0 spiro atoms. The van der Waals surface area contributed by atoms with Crippen molar-refractivity contribution in [2.24, 2.45) is 0 Å². The predicted molar refractivity (Wildman–Crippen MR) is 193 cm³/mol. The summed E-state index contributed by atoms with van der Waals surface area (Å²) in [7, 11) is 0. The van der Waals surface area contributed by atoms with E-state index in [2.05, 4.69) is 119 Å². The van der Waals surface area contributed by atoms with E-state index in [1.54, 1.807) is 6.20 Å². The lowest BCUT2D eigenvalue weighted by atomic mass is 10.00. The van der Waals surface area contributed by atoms with Crippen LogP contribution < -0.4 is 0 Å². The highest BCUT2D eigenvalue weighted by atomic mass is 16.3. The summed E-state index contributed by atoms with van der Waals surface area (Å²) in [5.74, 6) is 1.71. The van der Waals surface area contributed by atoms with E-state index in [0.717, 1.165) is 65.6 Å². The number of hydrogen-bond donors (Lipinski definition) is 0. The summed E-state index contributed by atoms with van der Waals surface area (Å²) in [5, 5.41) is 6.40. The van der Waals surface area contributed by atoms with Gasteiger partial charge in [0.1, 0.15) is 11.2 Å². The molecule has 0 N–H and O–H groups in total. The molecular formula is C42H25N5O. The molecule has 0 aliphatic heterocycles. The largest absolute Gasteiger partial charge is 0.456 e. The number of benzene rings is 6. The second kappa shape index (κ2) is 10.4. The van der Waals surface area contributed by atoms with Gasteiger partial charge in [0.15, 0.2) is 11.6 Å². The molecular weight excluding hydrogens is 590 g/mol. The van der Waals surface area contributed by atoms with Crippen molar-refractivity contribution in [2.75, 3.05) is 0 Å². The molecule has 4 aromatic heterocycles. The lowest BCUT2D eigenvalue weighted by molar-refractivity contribution is 0.668. The van der Waals surface area contributed by atoms with Crippen LogP contribution >= 0.6 is 0 Å². The van der Waals surface area contributed by atoms with Gasteiger partial charge in [-0.25, -0.2) is 4.98 Å². The van der Waals surface area contributed by atoms with Crippen LogP contribution in [0.1, 0.15) is 0 Å². The van der Waals surface area contributed by atoms with Crippen LogP contribution in [0.3, 0.4) is 0 Å². The molecule has 0 fully saturated rings. The fraction of sp³-hybridized carbons (Fsp3) is 0. The molecule has 4 heterocycles. The summed E-state index contributed by atoms with van der Waals surface area (Å²) in [6, 6.07) is 48.1. The molecule has 10 rings (SSSR count). The molecule has 6 nitrogen and oxygen atoms in total. The summed E-state index contributed by atoms with van der Waals surface area (Å²) in [5.41, 5.74) is 7.74. The lowest BCUT2D eigenvalue weighted by Crippen LogP contribution is -2.06. The number of nitrogens with zero attached hydrogens (tertiary/aromatic N) is 5. The van der Waals surface area contributed by atoms with Crippen molar-refractivity contribution in [3.05, 3.63) is 152 Å². The Bertz CT molecular complexity index is 2800. The van der Waals surface area contributed by atoms with Gasteiger partial charge >= 0.3 is 0 Å². The molecule has 224 valence electrons. The first-order valence-corrected chi connectivity index (χ1v) is 15.9. The van der Waals surface area contributed by atoms with Crippen LogP contribution in [0.2, 0.25) is 0 Å². The van der Waals surface area contributed by atoms with Gasteiger partial charge in [-0.05, 0) is 58.3 Å². The van der Waals surface area contributed by atoms with Crippen LogP contribution in [0.5, 0.6) is 0 Å². The molecule has 0 aliphatic rings. The zero-order valence-electron chi connectivity index (χ0n) is 25.6. The van der Waals surface area contributed by atoms with Gasteiger partial charge in [-0.1, -0.05) is 103 Å². The number of para-hydroxylation sites is 2. The Kier molecular flexibility index (Phi) is 5.77. The number of hydrogen-bond acceptors (Lipinski definition) is 5. The molecule has 0 unspecified atom stereocenters. The Labute approximate surface area is 274 Å². The molecule has 0 saturated carbocycles. The zero-order chi connectivity index (χ0) is 31.6. The van der Waals surface area contributed by atoms with Gasteiger partial charge in [0.2, 0.25) is 5.95 Å². The maximum atomic E-state index is 6.22. The lowest BCUT2D eigenvalue weighted by Gasteiger charge is -2.12. The monoisotopic (exact) mass is 615 g/mol. The number of fused-ring (bicyclic) bond motifs is 7. The second-order valence-electron chi connectivity index (χ2n) is 11.9. The number of furan rings is 1. The van der Waals surface area contributed by atoms with Crippen LogP contribution in [0.4, 0.5) is 0 Å². The van der Waals surface area contributed by atoms with E-state index in [1.165, 1.54) is 11.1 Å². The smallest absolute Gasteiger partial charge is 0.238 e. The third kappa shape index (κ3) is 4.13. The first-order valence-electron chi connectivity index (χ1n) is 15.9. The van der Waals surface area contributed by atoms with Crippen LogP contribution in [-0.4, -0.2) is 24.5 Å². The molecule has 0 aliphatic carbocycles. The van der Waals surface area contributed by atoms with Gasteiger partial charge < -0.3 is 4.42 Å². The van der Waals surface area contributed by atoms with Gasteiger partial charge in [-0.2, -0.15) is 9.97 Å². The minimum Gasteiger partial charge on any atom is -0.456 e. The van der Waals surface area contributed by atoms with E-state index in [4.69, 9.17) is 19.4 Å². The topological polar surface area (TPSA) is 69.6 Å². The molecule has 0 amide bonds. The minimum atomic E-state index is 0.551. The van der Waals surface area contributed by atoms with Crippen molar-refractivity contribution >= 4 is 54.5 Å². The average Bonchev–Trinajstić information content (AvgIpc) is 3.71. The van der Waals surface area contributed by atoms with E-state index < -0.39 is 0 Å². The Morgan fingerprint density at radius 1 is 0.479 bits per heavy atom. The molecule has 48 heavy (non-hydrogen) atoms. The van der Waals surface area contributed by atoms with E-state index in [9.17, 15) is 0 Å². The van der Waals surface area contributed by atoms with Crippen molar-refractivity contribution < 1.29 is 4.42 Å². The molecule has 10 aromatic rings. The fourth-order valence-electron chi connectivity index (χ4n) is 6.90. The van der Waals surface area contributed by atoms with Gasteiger partial charge in [-0.3, -0.25) is 9.55 Å². The summed E-state index contributed by atoms with van der Waals surface area (Å²) < 4.78 is 8.36. The summed E-state index contributed by atoms with van der Waals surface area (Å²) >= 11 is 0. The second-order valence-corrected chi connectivity index (χ2v) is 11.9. The molecule has 0 atom stereocenters. The summed E-state index contributed by atoms with van der Waals surface area (Å²) in [4.78, 5) is 19.9. The highest BCUT2D eigenvalue weighted by molar-refractivity contribution is 6.12. The van der Waals surface area contributed by atoms with Crippen molar-refractivity contribution in [1.82, 2.24) is 24.5 Å². The Morgan fingerprint density at radius 2 is 1.17 bits per heavy atom. The third-order valence-electron chi connectivity index (χ3n) is 9.15. The molecule has 6 aromatic carbocycles. The van der Waals surface area contributed by atoms with Crippen LogP contribution in [0.25, 0.3) is 94.4 Å². The van der Waals surface area contributed by atoms with E-state index in [0.29, 0.717) is 17.6 Å². The van der Waals surface area contributed by atoms with Crippen molar-refractivity contribution in [2.45, 2.75) is 0 Å². The van der Waals surface area contributed by atoms with Gasteiger partial charge in [0, 0.05) is 45.1 Å². The Morgan fingerprint density at radius 3 is 1.96 bits per heavy atom. The van der Waals surface area contributed by atoms with Crippen molar-refractivity contribution in [1.29, 1.82) is 0 Å². The fourth-order valence-corrected chi connectivity index (χ4v) is 6.90. The number of aromatic nitrogens is 5. The maximum absolute atomic E-state index is 6.22. The van der Waals surface area contributed by atoms with Gasteiger partial charge in [-0.15, -0.1) is 0 Å². The van der Waals surface area contributed by atoms with E-state index in [1.807, 2.05) is 36.5 Å². The zero-order valence-corrected chi connectivity index (χ0v) is 25.6. The first kappa shape index (κ1) is 26.5. The van der Waals surface area contributed by atoms with E-state index >= 15 is 0 Å². The molecule has 0 bridgehead atoms. The molecule has 0 radical (unpaired) electrons. The van der Waals surface area contributed by atoms with Crippen LogP contribution in [-0.2, 0) is 0 Å². The highest BCUT2D eigenvalue weighted by Gasteiger charge is 2.20. The van der Waals surface area contributed by atoms with E-state index in [-0.39, 0.29) is 0 Å². The highest BCUT2D eigenvalue weighted by Crippen LogP contribution is 2.37. The maximum Gasteiger partial charge on any atom is 0.238 e. The summed E-state index contributed by atoms with van der Waals surface area (Å²) in [6.45, 7) is 0. The van der Waals surface area contributed by atoms with Crippen molar-refractivity contribution in [3.8, 4) is 39.9 Å². The Balaban J connectivity index is 1.23. The van der Waals surface area contributed by atoms with Crippen molar-refractivity contribution in [3.63, 3.8) is 0 Å².